The van der Waals surface area contributed by atoms with Crippen LogP contribution in [0.5, 0.6) is 0 Å². The lowest BCUT2D eigenvalue weighted by molar-refractivity contribution is 0.450. The SMILES string of the molecule is CCC(NCC1CCS(=O)(=O)C1)c1ccc(C)cc1. The first-order chi connectivity index (χ1) is 9.00. The van der Waals surface area contributed by atoms with Crippen molar-refractivity contribution in [2.45, 2.75) is 32.7 Å². The van der Waals surface area contributed by atoms with Crippen LogP contribution in [-0.4, -0.2) is 26.5 Å². The van der Waals surface area contributed by atoms with Gasteiger partial charge in [0, 0.05) is 6.04 Å². The van der Waals surface area contributed by atoms with E-state index in [2.05, 4.69) is 43.4 Å². The average molecular weight is 281 g/mol. The van der Waals surface area contributed by atoms with Crippen LogP contribution in [0.2, 0.25) is 0 Å². The molecule has 1 aliphatic rings. The van der Waals surface area contributed by atoms with Crippen molar-refractivity contribution in [3.63, 3.8) is 0 Å². The van der Waals surface area contributed by atoms with Gasteiger partial charge >= 0.3 is 0 Å². The van der Waals surface area contributed by atoms with Crippen molar-refractivity contribution in [2.75, 3.05) is 18.1 Å². The highest BCUT2D eigenvalue weighted by atomic mass is 32.2. The van der Waals surface area contributed by atoms with Gasteiger partial charge in [0.1, 0.15) is 0 Å². The molecule has 0 bridgehead atoms. The van der Waals surface area contributed by atoms with Crippen molar-refractivity contribution < 1.29 is 8.42 Å². The third-order valence-electron chi connectivity index (χ3n) is 3.87. The molecule has 2 atom stereocenters. The highest BCUT2D eigenvalue weighted by Gasteiger charge is 2.27. The molecule has 106 valence electrons. The van der Waals surface area contributed by atoms with Gasteiger partial charge in [-0.3, -0.25) is 0 Å². The molecule has 2 unspecified atom stereocenters. The van der Waals surface area contributed by atoms with E-state index >= 15 is 0 Å². The Morgan fingerprint density at radius 3 is 2.53 bits per heavy atom. The Bertz CT molecular complexity index is 507. The smallest absolute Gasteiger partial charge is 0.150 e. The van der Waals surface area contributed by atoms with E-state index in [4.69, 9.17) is 0 Å². The highest BCUT2D eigenvalue weighted by molar-refractivity contribution is 7.91. The zero-order valence-corrected chi connectivity index (χ0v) is 12.5. The molecule has 0 spiro atoms. The van der Waals surface area contributed by atoms with Crippen molar-refractivity contribution in [3.8, 4) is 0 Å². The molecule has 1 fully saturated rings. The van der Waals surface area contributed by atoms with Gasteiger partial charge < -0.3 is 5.32 Å². The molecule has 1 aliphatic heterocycles. The van der Waals surface area contributed by atoms with Crippen molar-refractivity contribution in [1.82, 2.24) is 5.32 Å². The van der Waals surface area contributed by atoms with E-state index in [1.807, 2.05) is 0 Å². The molecule has 1 N–H and O–H groups in total. The van der Waals surface area contributed by atoms with Crippen LogP contribution < -0.4 is 5.32 Å². The monoisotopic (exact) mass is 281 g/mol. The van der Waals surface area contributed by atoms with Gasteiger partial charge in [-0.25, -0.2) is 8.42 Å². The Kier molecular flexibility index (Phi) is 4.63. The molecule has 0 aliphatic carbocycles. The van der Waals surface area contributed by atoms with Gasteiger partial charge in [0.25, 0.3) is 0 Å². The van der Waals surface area contributed by atoms with E-state index < -0.39 is 9.84 Å². The van der Waals surface area contributed by atoms with Gasteiger partial charge in [0.05, 0.1) is 11.5 Å². The largest absolute Gasteiger partial charge is 0.310 e. The standard InChI is InChI=1S/C15H23NO2S/c1-3-15(14-6-4-12(2)5-7-14)16-10-13-8-9-19(17,18)11-13/h4-7,13,15-16H,3,8-11H2,1-2H3. The fourth-order valence-corrected chi connectivity index (χ4v) is 4.50. The summed E-state index contributed by atoms with van der Waals surface area (Å²) in [6.45, 7) is 5.04. The van der Waals surface area contributed by atoms with Crippen molar-refractivity contribution in [1.29, 1.82) is 0 Å². The van der Waals surface area contributed by atoms with Crippen LogP contribution in [-0.2, 0) is 9.84 Å². The summed E-state index contributed by atoms with van der Waals surface area (Å²) in [4.78, 5) is 0. The first-order valence-electron chi connectivity index (χ1n) is 7.00. The number of rotatable bonds is 5. The Balaban J connectivity index is 1.91. The average Bonchev–Trinajstić information content (AvgIpc) is 2.72. The van der Waals surface area contributed by atoms with Gasteiger partial charge in [0.2, 0.25) is 0 Å². The molecule has 1 aromatic carbocycles. The molecular formula is C15H23NO2S. The number of nitrogens with one attached hydrogen (secondary N) is 1. The number of benzene rings is 1. The second kappa shape index (κ2) is 6.06. The molecule has 19 heavy (non-hydrogen) atoms. The van der Waals surface area contributed by atoms with Gasteiger partial charge in [-0.2, -0.15) is 0 Å². The van der Waals surface area contributed by atoms with Gasteiger partial charge in [-0.15, -0.1) is 0 Å². The molecule has 2 rings (SSSR count). The summed E-state index contributed by atoms with van der Waals surface area (Å²) in [5.74, 6) is 0.995. The first kappa shape index (κ1) is 14.5. The first-order valence-corrected chi connectivity index (χ1v) is 8.82. The lowest BCUT2D eigenvalue weighted by atomic mass is 10.0. The minimum absolute atomic E-state index is 0.282. The third kappa shape index (κ3) is 4.05. The van der Waals surface area contributed by atoms with Gasteiger partial charge in [-0.1, -0.05) is 36.8 Å². The zero-order chi connectivity index (χ0) is 13.9. The second-order valence-electron chi connectivity index (χ2n) is 5.55. The summed E-state index contributed by atoms with van der Waals surface area (Å²) >= 11 is 0. The predicted molar refractivity (Wildman–Crippen MR) is 79.0 cm³/mol. The molecule has 3 nitrogen and oxygen atoms in total. The molecule has 0 amide bonds. The minimum atomic E-state index is -2.76. The molecule has 1 aromatic rings. The number of hydrogen-bond acceptors (Lipinski definition) is 3. The minimum Gasteiger partial charge on any atom is -0.310 e. The lowest BCUT2D eigenvalue weighted by Gasteiger charge is -2.19. The summed E-state index contributed by atoms with van der Waals surface area (Å²) in [5, 5.41) is 3.52. The fourth-order valence-electron chi connectivity index (χ4n) is 2.64. The van der Waals surface area contributed by atoms with E-state index in [1.54, 1.807) is 0 Å². The highest BCUT2D eigenvalue weighted by Crippen LogP contribution is 2.21. The summed E-state index contributed by atoms with van der Waals surface area (Å²) in [6.07, 6.45) is 1.82. The van der Waals surface area contributed by atoms with Crippen LogP contribution in [0.3, 0.4) is 0 Å². The molecule has 0 radical (unpaired) electrons. The fraction of sp³-hybridized carbons (Fsp3) is 0.600. The van der Waals surface area contributed by atoms with Crippen LogP contribution in [0.4, 0.5) is 0 Å². The van der Waals surface area contributed by atoms with Crippen molar-refractivity contribution in [2.24, 2.45) is 5.92 Å². The Morgan fingerprint density at radius 2 is 2.00 bits per heavy atom. The molecule has 4 heteroatoms. The summed E-state index contributed by atoms with van der Waals surface area (Å²) in [7, 11) is -2.76. The Hall–Kier alpha value is -0.870. The second-order valence-corrected chi connectivity index (χ2v) is 7.78. The summed E-state index contributed by atoms with van der Waals surface area (Å²) < 4.78 is 22.9. The Morgan fingerprint density at radius 1 is 1.32 bits per heavy atom. The number of hydrogen-bond donors (Lipinski definition) is 1. The maximum absolute atomic E-state index is 11.4. The van der Waals surface area contributed by atoms with E-state index in [9.17, 15) is 8.42 Å². The van der Waals surface area contributed by atoms with E-state index in [-0.39, 0.29) is 5.92 Å². The molecular weight excluding hydrogens is 258 g/mol. The molecule has 0 saturated carbocycles. The van der Waals surface area contributed by atoms with Gasteiger partial charge in [-0.05, 0) is 37.8 Å². The zero-order valence-electron chi connectivity index (χ0n) is 11.7. The summed E-state index contributed by atoms with van der Waals surface area (Å²) in [6, 6.07) is 8.88. The third-order valence-corrected chi connectivity index (χ3v) is 5.70. The molecule has 1 saturated heterocycles. The Labute approximate surface area is 116 Å². The maximum Gasteiger partial charge on any atom is 0.150 e. The molecule has 1 heterocycles. The van der Waals surface area contributed by atoms with E-state index in [1.165, 1.54) is 11.1 Å². The van der Waals surface area contributed by atoms with Crippen LogP contribution in [0, 0.1) is 12.8 Å². The van der Waals surface area contributed by atoms with Crippen molar-refractivity contribution >= 4 is 9.84 Å². The normalized spacial score (nSPS) is 23.4. The van der Waals surface area contributed by atoms with Crippen molar-refractivity contribution in [3.05, 3.63) is 35.4 Å². The van der Waals surface area contributed by atoms with Crippen LogP contribution in [0.25, 0.3) is 0 Å². The predicted octanol–water partition coefficient (Wildman–Crippen LogP) is 2.47. The summed E-state index contributed by atoms with van der Waals surface area (Å²) in [5.41, 5.74) is 2.55. The lowest BCUT2D eigenvalue weighted by Crippen LogP contribution is -2.27. The van der Waals surface area contributed by atoms with E-state index in [0.29, 0.717) is 17.5 Å². The quantitative estimate of drug-likeness (QED) is 0.902. The topological polar surface area (TPSA) is 46.2 Å². The number of aryl methyl sites for hydroxylation is 1. The molecule has 0 aromatic heterocycles. The number of sulfone groups is 1. The maximum atomic E-state index is 11.4. The van der Waals surface area contributed by atoms with Gasteiger partial charge in [0.15, 0.2) is 9.84 Å². The van der Waals surface area contributed by atoms with Crippen LogP contribution >= 0.6 is 0 Å². The van der Waals surface area contributed by atoms with Crippen LogP contribution in [0.1, 0.15) is 36.9 Å². The van der Waals surface area contributed by atoms with E-state index in [0.717, 1.165) is 19.4 Å². The van der Waals surface area contributed by atoms with Crippen LogP contribution in [0.15, 0.2) is 24.3 Å².